The van der Waals surface area contributed by atoms with Crippen LogP contribution in [0.5, 0.6) is 0 Å². The van der Waals surface area contributed by atoms with Crippen molar-refractivity contribution in [3.8, 4) is 0 Å². The van der Waals surface area contributed by atoms with Crippen LogP contribution in [0.1, 0.15) is 29.2 Å². The lowest BCUT2D eigenvalue weighted by Crippen LogP contribution is -2.39. The topological polar surface area (TPSA) is 92.8 Å². The number of nitrogen functional groups attached to an aromatic ring is 1. The van der Waals surface area contributed by atoms with Crippen molar-refractivity contribution >= 4 is 11.7 Å². The van der Waals surface area contributed by atoms with Crippen molar-refractivity contribution in [1.29, 1.82) is 0 Å². The Kier molecular flexibility index (Phi) is 2.94. The largest absolute Gasteiger partial charge is 0.382 e. The average Bonchev–Trinajstić information content (AvgIpc) is 3.09. The number of nitrogens with one attached hydrogen (secondary N) is 1. The average molecular weight is 260 g/mol. The molecule has 0 atom stereocenters. The number of aromatic amines is 1. The maximum atomic E-state index is 12.1. The molecule has 0 saturated carbocycles. The van der Waals surface area contributed by atoms with Gasteiger partial charge in [0.05, 0.1) is 17.8 Å². The van der Waals surface area contributed by atoms with E-state index < -0.39 is 0 Å². The number of nitrogens with two attached hydrogens (primary N) is 1. The van der Waals surface area contributed by atoms with E-state index in [9.17, 15) is 4.79 Å². The number of carbonyl (C=O) groups is 1. The maximum absolute atomic E-state index is 12.1. The Bertz CT molecular complexity index is 553. The zero-order valence-electron chi connectivity index (χ0n) is 10.5. The van der Waals surface area contributed by atoms with Crippen LogP contribution in [0.3, 0.4) is 0 Å². The molecule has 0 aliphatic carbocycles. The molecule has 3 N–H and O–H groups in total. The van der Waals surface area contributed by atoms with Crippen LogP contribution in [-0.2, 0) is 0 Å². The van der Waals surface area contributed by atoms with Gasteiger partial charge < -0.3 is 10.6 Å². The molecule has 1 fully saturated rings. The normalized spacial score (nSPS) is 16.7. The van der Waals surface area contributed by atoms with E-state index in [0.717, 1.165) is 25.9 Å². The minimum absolute atomic E-state index is 0.0344. The number of aromatic nitrogens is 4. The Labute approximate surface area is 110 Å². The first-order chi connectivity index (χ1) is 9.24. The van der Waals surface area contributed by atoms with Gasteiger partial charge in [-0.2, -0.15) is 10.2 Å². The molecule has 2 aromatic rings. The predicted molar refractivity (Wildman–Crippen MR) is 69.4 cm³/mol. The third-order valence-electron chi connectivity index (χ3n) is 3.50. The first kappa shape index (κ1) is 11.8. The predicted octanol–water partition coefficient (Wildman–Crippen LogP) is 0.666. The lowest BCUT2D eigenvalue weighted by molar-refractivity contribution is 0.0690. The van der Waals surface area contributed by atoms with E-state index in [2.05, 4.69) is 15.3 Å². The monoisotopic (exact) mass is 260 g/mol. The maximum Gasteiger partial charge on any atom is 0.257 e. The van der Waals surface area contributed by atoms with Crippen LogP contribution < -0.4 is 5.73 Å². The summed E-state index contributed by atoms with van der Waals surface area (Å²) >= 11 is 0. The number of H-pyrrole nitrogens is 1. The molecule has 7 heteroatoms. The molecule has 100 valence electrons. The number of anilines is 1. The Morgan fingerprint density at radius 1 is 1.42 bits per heavy atom. The molecule has 1 saturated heterocycles. The molecule has 2 aromatic heterocycles. The first-order valence-electron chi connectivity index (χ1n) is 6.33. The highest BCUT2D eigenvalue weighted by atomic mass is 16.2. The van der Waals surface area contributed by atoms with Gasteiger partial charge in [-0.05, 0) is 18.9 Å². The summed E-state index contributed by atoms with van der Waals surface area (Å²) in [6, 6.07) is 2.12. The van der Waals surface area contributed by atoms with Crippen LogP contribution in [0, 0.1) is 0 Å². The molecule has 19 heavy (non-hydrogen) atoms. The Morgan fingerprint density at radius 3 is 2.79 bits per heavy atom. The molecule has 0 radical (unpaired) electrons. The van der Waals surface area contributed by atoms with Gasteiger partial charge in [0.15, 0.2) is 0 Å². The molecule has 0 spiro atoms. The highest BCUT2D eigenvalue weighted by molar-refractivity contribution is 5.93. The summed E-state index contributed by atoms with van der Waals surface area (Å²) in [4.78, 5) is 14.0. The summed E-state index contributed by atoms with van der Waals surface area (Å²) in [6.07, 6.45) is 6.87. The van der Waals surface area contributed by atoms with Crippen LogP contribution in [0.25, 0.3) is 0 Å². The fourth-order valence-corrected chi connectivity index (χ4v) is 2.44. The van der Waals surface area contributed by atoms with Gasteiger partial charge in [-0.25, -0.2) is 0 Å². The summed E-state index contributed by atoms with van der Waals surface area (Å²) < 4.78 is 1.90. The van der Waals surface area contributed by atoms with Crippen molar-refractivity contribution in [2.24, 2.45) is 0 Å². The lowest BCUT2D eigenvalue weighted by Gasteiger charge is -2.31. The number of piperidine rings is 1. The molecule has 3 rings (SSSR count). The fraction of sp³-hybridized carbons (Fsp3) is 0.417. The van der Waals surface area contributed by atoms with Gasteiger partial charge in [-0.15, -0.1) is 0 Å². The number of likely N-dealkylation sites (tertiary alicyclic amines) is 1. The molecular formula is C12H16N6O. The van der Waals surface area contributed by atoms with Gasteiger partial charge >= 0.3 is 0 Å². The molecule has 1 aliphatic heterocycles. The number of hydrogen-bond donors (Lipinski definition) is 2. The number of nitrogens with zero attached hydrogens (tertiary/aromatic N) is 4. The van der Waals surface area contributed by atoms with Crippen molar-refractivity contribution in [1.82, 2.24) is 24.9 Å². The van der Waals surface area contributed by atoms with E-state index in [4.69, 9.17) is 5.73 Å². The minimum Gasteiger partial charge on any atom is -0.382 e. The molecular weight excluding hydrogens is 244 g/mol. The van der Waals surface area contributed by atoms with Gasteiger partial charge in [0, 0.05) is 25.5 Å². The van der Waals surface area contributed by atoms with Gasteiger partial charge in [-0.1, -0.05) is 0 Å². The minimum atomic E-state index is 0.0344. The second kappa shape index (κ2) is 4.75. The summed E-state index contributed by atoms with van der Waals surface area (Å²) in [6.45, 7) is 1.46. The molecule has 0 aromatic carbocycles. The molecule has 1 amide bonds. The van der Waals surface area contributed by atoms with Gasteiger partial charge in [-0.3, -0.25) is 14.6 Å². The van der Waals surface area contributed by atoms with E-state index in [0.29, 0.717) is 17.4 Å². The van der Waals surface area contributed by atoms with E-state index in [-0.39, 0.29) is 5.91 Å². The highest BCUT2D eigenvalue weighted by Gasteiger charge is 2.25. The van der Waals surface area contributed by atoms with Crippen molar-refractivity contribution in [2.45, 2.75) is 18.9 Å². The smallest absolute Gasteiger partial charge is 0.257 e. The van der Waals surface area contributed by atoms with E-state index >= 15 is 0 Å². The van der Waals surface area contributed by atoms with Crippen LogP contribution in [0.4, 0.5) is 5.82 Å². The molecule has 0 bridgehead atoms. The van der Waals surface area contributed by atoms with Crippen molar-refractivity contribution < 1.29 is 4.79 Å². The second-order valence-corrected chi connectivity index (χ2v) is 4.73. The Hall–Kier alpha value is -2.31. The van der Waals surface area contributed by atoms with Crippen molar-refractivity contribution in [3.05, 3.63) is 30.2 Å². The van der Waals surface area contributed by atoms with Crippen LogP contribution in [0.15, 0.2) is 24.7 Å². The zero-order chi connectivity index (χ0) is 13.2. The molecule has 3 heterocycles. The summed E-state index contributed by atoms with van der Waals surface area (Å²) in [7, 11) is 0. The van der Waals surface area contributed by atoms with Gasteiger partial charge in [0.25, 0.3) is 5.91 Å². The van der Waals surface area contributed by atoms with Crippen LogP contribution in [0.2, 0.25) is 0 Å². The summed E-state index contributed by atoms with van der Waals surface area (Å²) in [5, 5.41) is 10.7. The fourth-order valence-electron chi connectivity index (χ4n) is 2.44. The number of carbonyl (C=O) groups excluding carboxylic acids is 1. The lowest BCUT2D eigenvalue weighted by atomic mass is 10.0. The third kappa shape index (κ3) is 2.31. The summed E-state index contributed by atoms with van der Waals surface area (Å²) in [5.41, 5.74) is 6.23. The van der Waals surface area contributed by atoms with Gasteiger partial charge in [0.2, 0.25) is 0 Å². The number of rotatable bonds is 2. The molecule has 7 nitrogen and oxygen atoms in total. The second-order valence-electron chi connectivity index (χ2n) is 4.73. The third-order valence-corrected chi connectivity index (χ3v) is 3.50. The van der Waals surface area contributed by atoms with Crippen molar-refractivity contribution in [3.63, 3.8) is 0 Å². The molecule has 1 aliphatic rings. The Balaban J connectivity index is 1.62. The number of hydrogen-bond acceptors (Lipinski definition) is 4. The zero-order valence-corrected chi connectivity index (χ0v) is 10.5. The van der Waals surface area contributed by atoms with Crippen molar-refractivity contribution in [2.75, 3.05) is 18.8 Å². The quantitative estimate of drug-likeness (QED) is 0.829. The van der Waals surface area contributed by atoms with Crippen LogP contribution in [-0.4, -0.2) is 43.9 Å². The van der Waals surface area contributed by atoms with E-state index in [1.54, 1.807) is 18.5 Å². The van der Waals surface area contributed by atoms with Gasteiger partial charge in [0.1, 0.15) is 5.82 Å². The number of amides is 1. The van der Waals surface area contributed by atoms with E-state index in [1.807, 2.05) is 15.8 Å². The standard InChI is InChI=1S/C12H16N6O/c13-11-3-6-18(16-11)10-1-4-17(5-2-10)12(19)9-7-14-15-8-9/h3,6-8,10H,1-2,4-5H2,(H2,13,16)(H,14,15). The SMILES string of the molecule is Nc1ccn(C2CCN(C(=O)c3cn[nH]c3)CC2)n1. The van der Waals surface area contributed by atoms with Crippen LogP contribution >= 0.6 is 0 Å². The van der Waals surface area contributed by atoms with E-state index in [1.165, 1.54) is 0 Å². The summed E-state index contributed by atoms with van der Waals surface area (Å²) in [5.74, 6) is 0.573. The first-order valence-corrected chi connectivity index (χ1v) is 6.33. The highest BCUT2D eigenvalue weighted by Crippen LogP contribution is 2.23. The Morgan fingerprint density at radius 2 is 2.21 bits per heavy atom. The molecule has 0 unspecified atom stereocenters.